The van der Waals surface area contributed by atoms with Crippen LogP contribution in [-0.2, 0) is 14.8 Å². The molecule has 0 spiro atoms. The maximum absolute atomic E-state index is 13.0. The van der Waals surface area contributed by atoms with Crippen molar-refractivity contribution in [1.82, 2.24) is 9.21 Å². The van der Waals surface area contributed by atoms with Crippen molar-refractivity contribution in [2.24, 2.45) is 0 Å². The molecular weight excluding hydrogens is 444 g/mol. The molecule has 4 rings (SSSR count). The van der Waals surface area contributed by atoms with E-state index in [2.05, 4.69) is 0 Å². The van der Waals surface area contributed by atoms with Gasteiger partial charge in [-0.2, -0.15) is 4.31 Å². The number of nitrogens with zero attached hydrogens (tertiary/aromatic N) is 2. The topological polar surface area (TPSA) is 85.4 Å². The average Bonchev–Trinajstić information content (AvgIpc) is 2.79. The smallest absolute Gasteiger partial charge is 0.260 e. The number of hydrogen-bond acceptors (Lipinski definition) is 6. The molecule has 1 saturated heterocycles. The number of halogens is 1. The lowest BCUT2D eigenvalue weighted by Crippen LogP contribution is -2.51. The highest BCUT2D eigenvalue weighted by molar-refractivity contribution is 7.89. The minimum Gasteiger partial charge on any atom is -0.486 e. The van der Waals surface area contributed by atoms with Gasteiger partial charge in [-0.1, -0.05) is 17.7 Å². The van der Waals surface area contributed by atoms with Crippen molar-refractivity contribution in [1.29, 1.82) is 0 Å². The number of hydrogen-bond donors (Lipinski definition) is 0. The summed E-state index contributed by atoms with van der Waals surface area (Å²) in [6.07, 6.45) is 0. The highest BCUT2D eigenvalue weighted by Gasteiger charge is 2.31. The van der Waals surface area contributed by atoms with E-state index in [1.807, 2.05) is 13.0 Å². The van der Waals surface area contributed by atoms with Crippen molar-refractivity contribution in [3.05, 3.63) is 47.0 Å². The Balaban J connectivity index is 1.35. The molecule has 10 heteroatoms. The summed E-state index contributed by atoms with van der Waals surface area (Å²) in [4.78, 5) is 14.3. The quantitative estimate of drug-likeness (QED) is 0.672. The van der Waals surface area contributed by atoms with Gasteiger partial charge in [-0.15, -0.1) is 0 Å². The largest absolute Gasteiger partial charge is 0.486 e. The van der Waals surface area contributed by atoms with E-state index < -0.39 is 10.0 Å². The lowest BCUT2D eigenvalue weighted by molar-refractivity contribution is -0.134. The van der Waals surface area contributed by atoms with Crippen LogP contribution in [0.15, 0.2) is 41.3 Å². The molecular formula is C21H23ClN2O6S. The van der Waals surface area contributed by atoms with Gasteiger partial charge in [0.2, 0.25) is 10.0 Å². The van der Waals surface area contributed by atoms with Gasteiger partial charge in [-0.05, 0) is 36.8 Å². The Hall–Kier alpha value is -2.49. The summed E-state index contributed by atoms with van der Waals surface area (Å²) in [5.41, 5.74) is 0.977. The zero-order chi connectivity index (χ0) is 22.0. The van der Waals surface area contributed by atoms with E-state index in [9.17, 15) is 13.2 Å². The van der Waals surface area contributed by atoms with Crippen LogP contribution in [0.2, 0.25) is 5.02 Å². The summed E-state index contributed by atoms with van der Waals surface area (Å²) in [6.45, 7) is 3.55. The van der Waals surface area contributed by atoms with Crippen molar-refractivity contribution in [2.45, 2.75) is 11.8 Å². The van der Waals surface area contributed by atoms with Crippen LogP contribution in [0.3, 0.4) is 0 Å². The van der Waals surface area contributed by atoms with Crippen molar-refractivity contribution in [3.63, 3.8) is 0 Å². The third-order valence-electron chi connectivity index (χ3n) is 5.18. The van der Waals surface area contributed by atoms with Gasteiger partial charge in [0.05, 0.1) is 9.92 Å². The molecule has 2 aliphatic rings. The average molecular weight is 467 g/mol. The fourth-order valence-corrected chi connectivity index (χ4v) is 5.07. The van der Waals surface area contributed by atoms with Gasteiger partial charge in [0, 0.05) is 32.2 Å². The van der Waals surface area contributed by atoms with E-state index >= 15 is 0 Å². The van der Waals surface area contributed by atoms with Crippen LogP contribution in [0.1, 0.15) is 5.56 Å². The zero-order valence-electron chi connectivity index (χ0n) is 17.0. The normalized spacial score (nSPS) is 16.8. The number of carbonyl (C=O) groups is 1. The zero-order valence-corrected chi connectivity index (χ0v) is 18.6. The van der Waals surface area contributed by atoms with Gasteiger partial charge < -0.3 is 19.1 Å². The molecule has 2 heterocycles. The number of benzene rings is 2. The summed E-state index contributed by atoms with van der Waals surface area (Å²) < 4.78 is 43.9. The summed E-state index contributed by atoms with van der Waals surface area (Å²) in [6, 6.07) is 9.96. The summed E-state index contributed by atoms with van der Waals surface area (Å²) in [7, 11) is -3.70. The number of piperazine rings is 1. The number of ether oxygens (including phenoxy) is 3. The van der Waals surface area contributed by atoms with Gasteiger partial charge in [0.1, 0.15) is 19.0 Å². The molecule has 0 aromatic heterocycles. The first kappa shape index (κ1) is 21.7. The van der Waals surface area contributed by atoms with Crippen LogP contribution in [0.5, 0.6) is 17.2 Å². The Bertz CT molecular complexity index is 1080. The Morgan fingerprint density at radius 3 is 2.48 bits per heavy atom. The number of carbonyl (C=O) groups excluding carboxylic acids is 1. The van der Waals surface area contributed by atoms with Crippen LogP contribution in [-0.4, -0.2) is 69.5 Å². The van der Waals surface area contributed by atoms with E-state index in [-0.39, 0.29) is 43.6 Å². The van der Waals surface area contributed by atoms with E-state index in [4.69, 9.17) is 25.8 Å². The first-order valence-electron chi connectivity index (χ1n) is 9.91. The number of aryl methyl sites for hydroxylation is 1. The lowest BCUT2D eigenvalue weighted by Gasteiger charge is -2.34. The number of fused-ring (bicyclic) bond motifs is 1. The Morgan fingerprint density at radius 2 is 1.74 bits per heavy atom. The fraction of sp³-hybridized carbons (Fsp3) is 0.381. The van der Waals surface area contributed by atoms with E-state index in [0.717, 1.165) is 5.56 Å². The molecule has 0 radical (unpaired) electrons. The first-order chi connectivity index (χ1) is 14.8. The van der Waals surface area contributed by atoms with Crippen LogP contribution in [0.4, 0.5) is 0 Å². The number of rotatable bonds is 5. The molecule has 0 atom stereocenters. The maximum Gasteiger partial charge on any atom is 0.260 e. The molecule has 2 aromatic rings. The summed E-state index contributed by atoms with van der Waals surface area (Å²) in [5, 5.41) is 0.439. The van der Waals surface area contributed by atoms with Crippen LogP contribution >= 0.6 is 11.6 Å². The summed E-state index contributed by atoms with van der Waals surface area (Å²) in [5.74, 6) is 1.20. The van der Waals surface area contributed by atoms with Crippen molar-refractivity contribution in [2.75, 3.05) is 46.0 Å². The van der Waals surface area contributed by atoms with Gasteiger partial charge in [0.25, 0.3) is 5.91 Å². The van der Waals surface area contributed by atoms with Crippen LogP contribution in [0.25, 0.3) is 0 Å². The standard InChI is InChI=1S/C21H23ClN2O6S/c1-15-2-4-17(22)19(12-15)30-14-21(25)23-6-8-24(9-7-23)31(26,27)16-3-5-18-20(13-16)29-11-10-28-18/h2-5,12-13H,6-11,14H2,1H3. The highest BCUT2D eigenvalue weighted by Crippen LogP contribution is 2.33. The third-order valence-corrected chi connectivity index (χ3v) is 7.39. The molecule has 0 aliphatic carbocycles. The van der Waals surface area contributed by atoms with Gasteiger partial charge in [-0.25, -0.2) is 8.42 Å². The molecule has 0 saturated carbocycles. The second-order valence-electron chi connectivity index (χ2n) is 7.31. The maximum atomic E-state index is 13.0. The molecule has 0 unspecified atom stereocenters. The van der Waals surface area contributed by atoms with E-state index in [1.54, 1.807) is 23.1 Å². The second kappa shape index (κ2) is 8.94. The number of sulfonamides is 1. The minimum atomic E-state index is -3.70. The molecule has 1 amide bonds. The third kappa shape index (κ3) is 4.73. The Labute approximate surface area is 186 Å². The predicted octanol–water partition coefficient (Wildman–Crippen LogP) is 2.33. The molecule has 31 heavy (non-hydrogen) atoms. The molecule has 1 fully saturated rings. The minimum absolute atomic E-state index is 0.147. The molecule has 166 valence electrons. The van der Waals surface area contributed by atoms with E-state index in [1.165, 1.54) is 16.4 Å². The molecule has 8 nitrogen and oxygen atoms in total. The second-order valence-corrected chi connectivity index (χ2v) is 9.66. The lowest BCUT2D eigenvalue weighted by atomic mass is 10.2. The van der Waals surface area contributed by atoms with Gasteiger partial charge in [-0.3, -0.25) is 4.79 Å². The van der Waals surface area contributed by atoms with E-state index in [0.29, 0.717) is 35.5 Å². The highest BCUT2D eigenvalue weighted by atomic mass is 35.5. The van der Waals surface area contributed by atoms with Crippen molar-refractivity contribution in [3.8, 4) is 17.2 Å². The fourth-order valence-electron chi connectivity index (χ4n) is 3.46. The molecule has 2 aliphatic heterocycles. The molecule has 0 bridgehead atoms. The monoisotopic (exact) mass is 466 g/mol. The Kier molecular flexibility index (Phi) is 6.27. The molecule has 0 N–H and O–H groups in total. The first-order valence-corrected chi connectivity index (χ1v) is 11.7. The van der Waals surface area contributed by atoms with Gasteiger partial charge in [0.15, 0.2) is 18.1 Å². The summed E-state index contributed by atoms with van der Waals surface area (Å²) >= 11 is 6.10. The SMILES string of the molecule is Cc1ccc(Cl)c(OCC(=O)N2CCN(S(=O)(=O)c3ccc4c(c3)OCCO4)CC2)c1. The van der Waals surface area contributed by atoms with Crippen molar-refractivity contribution >= 4 is 27.5 Å². The Morgan fingerprint density at radius 1 is 1.03 bits per heavy atom. The van der Waals surface area contributed by atoms with Crippen LogP contribution < -0.4 is 14.2 Å². The van der Waals surface area contributed by atoms with Crippen LogP contribution in [0, 0.1) is 6.92 Å². The number of amides is 1. The predicted molar refractivity (Wildman–Crippen MR) is 114 cm³/mol. The van der Waals surface area contributed by atoms with Crippen molar-refractivity contribution < 1.29 is 27.4 Å². The molecule has 2 aromatic carbocycles. The van der Waals surface area contributed by atoms with Gasteiger partial charge >= 0.3 is 0 Å².